The SMILES string of the molecule is CC(C)[N+]1(CC2CCCCC2CN2C(=O)C3C4CCC(C4)C3C2=O)CCN(c2nsc3ccccc23)CC1. The molecule has 0 N–H and O–H groups in total. The van der Waals surface area contributed by atoms with E-state index in [9.17, 15) is 9.59 Å². The Labute approximate surface area is 231 Å². The van der Waals surface area contributed by atoms with E-state index in [0.717, 1.165) is 55.7 Å². The van der Waals surface area contributed by atoms with Crippen molar-refractivity contribution < 1.29 is 14.1 Å². The van der Waals surface area contributed by atoms with Gasteiger partial charge < -0.3 is 9.38 Å². The van der Waals surface area contributed by atoms with Gasteiger partial charge in [0.25, 0.3) is 0 Å². The molecule has 5 fully saturated rings. The standard InChI is InChI=1S/C31H43N4O2S/c1-20(2)35(15-13-33(14-16-35)29-25-9-5-6-10-26(25)38-32-29)19-24-8-4-3-7-23(24)18-34-30(36)27-21-11-12-22(17-21)28(27)31(34)37/h5-6,9-10,20-24,27-28H,3-4,7-8,11-19H2,1-2H3/q+1. The average Bonchev–Trinajstić information content (AvgIpc) is 3.70. The molecule has 2 bridgehead atoms. The zero-order chi connectivity index (χ0) is 26.0. The average molecular weight is 536 g/mol. The maximum absolute atomic E-state index is 13.5. The number of aromatic nitrogens is 1. The van der Waals surface area contributed by atoms with Gasteiger partial charge in [0.2, 0.25) is 11.8 Å². The molecule has 5 aliphatic rings. The number of rotatable bonds is 6. The fraction of sp³-hybridized carbons (Fsp3) is 0.710. The van der Waals surface area contributed by atoms with E-state index < -0.39 is 0 Å². The fourth-order valence-corrected chi connectivity index (χ4v) is 10.00. The number of imide groups is 1. The van der Waals surface area contributed by atoms with E-state index in [4.69, 9.17) is 4.37 Å². The fourth-order valence-electron chi connectivity index (χ4n) is 9.20. The Morgan fingerprint density at radius 3 is 2.29 bits per heavy atom. The van der Waals surface area contributed by atoms with Gasteiger partial charge >= 0.3 is 0 Å². The summed E-state index contributed by atoms with van der Waals surface area (Å²) in [5.74, 6) is 3.59. The van der Waals surface area contributed by atoms with Crippen LogP contribution >= 0.6 is 11.5 Å². The van der Waals surface area contributed by atoms with Gasteiger partial charge in [-0.15, -0.1) is 0 Å². The topological polar surface area (TPSA) is 53.5 Å². The summed E-state index contributed by atoms with van der Waals surface area (Å²) in [6, 6.07) is 9.17. The van der Waals surface area contributed by atoms with Gasteiger partial charge in [0.15, 0.2) is 5.82 Å². The highest BCUT2D eigenvalue weighted by atomic mass is 32.1. The molecule has 6 nitrogen and oxygen atoms in total. The number of hydrogen-bond donors (Lipinski definition) is 0. The molecule has 1 aromatic carbocycles. The van der Waals surface area contributed by atoms with Crippen molar-refractivity contribution in [1.82, 2.24) is 9.27 Å². The molecule has 7 heteroatoms. The van der Waals surface area contributed by atoms with Crippen LogP contribution < -0.4 is 4.90 Å². The normalized spacial score (nSPS) is 34.6. The summed E-state index contributed by atoms with van der Waals surface area (Å²) >= 11 is 1.61. The first-order chi connectivity index (χ1) is 18.4. The number of hydrogen-bond acceptors (Lipinski definition) is 5. The number of benzene rings is 1. The Morgan fingerprint density at radius 2 is 1.61 bits per heavy atom. The third-order valence-corrected chi connectivity index (χ3v) is 12.3. The lowest BCUT2D eigenvalue weighted by Gasteiger charge is -2.51. The van der Waals surface area contributed by atoms with Crippen LogP contribution in [0.3, 0.4) is 0 Å². The van der Waals surface area contributed by atoms with Crippen molar-refractivity contribution >= 4 is 39.3 Å². The number of fused-ring (bicyclic) bond motifs is 6. The zero-order valence-corrected chi connectivity index (χ0v) is 23.9. The summed E-state index contributed by atoms with van der Waals surface area (Å²) in [6.07, 6.45) is 8.37. The number of anilines is 1. The highest BCUT2D eigenvalue weighted by Crippen LogP contribution is 2.56. The summed E-state index contributed by atoms with van der Waals surface area (Å²) in [4.78, 5) is 31.2. The van der Waals surface area contributed by atoms with E-state index in [1.54, 1.807) is 16.4 Å². The smallest absolute Gasteiger partial charge is 0.233 e. The molecule has 1 aromatic heterocycles. The summed E-state index contributed by atoms with van der Waals surface area (Å²) in [6.45, 7) is 11.0. The molecule has 6 atom stereocenters. The predicted molar refractivity (Wildman–Crippen MR) is 152 cm³/mol. The summed E-state index contributed by atoms with van der Waals surface area (Å²) < 4.78 is 7.26. The van der Waals surface area contributed by atoms with Gasteiger partial charge in [0.1, 0.15) is 0 Å². The van der Waals surface area contributed by atoms with Gasteiger partial charge in [-0.25, -0.2) is 0 Å². The number of nitrogens with zero attached hydrogens (tertiary/aromatic N) is 4. The largest absolute Gasteiger partial charge is 0.344 e. The second kappa shape index (κ2) is 9.58. The lowest BCUT2D eigenvalue weighted by atomic mass is 9.77. The van der Waals surface area contributed by atoms with Crippen LogP contribution in [0.25, 0.3) is 10.1 Å². The third-order valence-electron chi connectivity index (χ3n) is 11.5. The van der Waals surface area contributed by atoms with E-state index in [1.165, 1.54) is 42.3 Å². The maximum atomic E-state index is 13.5. The molecule has 2 aromatic rings. The molecule has 0 spiro atoms. The van der Waals surface area contributed by atoms with Crippen LogP contribution in [0.5, 0.6) is 0 Å². The lowest BCUT2D eigenvalue weighted by Crippen LogP contribution is -2.65. The number of likely N-dealkylation sites (tertiary alicyclic amines) is 1. The van der Waals surface area contributed by atoms with Gasteiger partial charge in [0, 0.05) is 17.8 Å². The number of carbonyl (C=O) groups excluding carboxylic acids is 2. The summed E-state index contributed by atoms with van der Waals surface area (Å²) in [5.41, 5.74) is 0. The first-order valence-corrected chi connectivity index (χ1v) is 16.0. The van der Waals surface area contributed by atoms with Crippen LogP contribution in [-0.4, -0.2) is 70.9 Å². The first kappa shape index (κ1) is 25.0. The van der Waals surface area contributed by atoms with E-state index in [2.05, 4.69) is 43.0 Å². The molecule has 2 saturated heterocycles. The lowest BCUT2D eigenvalue weighted by molar-refractivity contribution is -0.951. The van der Waals surface area contributed by atoms with E-state index >= 15 is 0 Å². The minimum atomic E-state index is 0.0206. The molecule has 6 unspecified atom stereocenters. The number of quaternary nitrogens is 1. The Kier molecular flexibility index (Phi) is 6.31. The number of piperazine rings is 1. The van der Waals surface area contributed by atoms with Crippen LogP contribution in [0.2, 0.25) is 0 Å². The Bertz CT molecular complexity index is 1190. The minimum Gasteiger partial charge on any atom is -0.344 e. The first-order valence-electron chi connectivity index (χ1n) is 15.3. The Hall–Kier alpha value is -1.99. The van der Waals surface area contributed by atoms with Crippen molar-refractivity contribution in [2.75, 3.05) is 44.2 Å². The minimum absolute atomic E-state index is 0.0206. The molecular weight excluding hydrogens is 492 g/mol. The van der Waals surface area contributed by atoms with Crippen molar-refractivity contribution in [1.29, 1.82) is 0 Å². The van der Waals surface area contributed by atoms with Gasteiger partial charge in [-0.3, -0.25) is 14.5 Å². The molecule has 38 heavy (non-hydrogen) atoms. The van der Waals surface area contributed by atoms with Crippen LogP contribution in [0.15, 0.2) is 24.3 Å². The Balaban J connectivity index is 1.05. The second-order valence-corrected chi connectivity index (χ2v) is 14.2. The van der Waals surface area contributed by atoms with Crippen molar-refractivity contribution in [3.63, 3.8) is 0 Å². The van der Waals surface area contributed by atoms with Gasteiger partial charge in [-0.2, -0.15) is 4.37 Å². The highest BCUT2D eigenvalue weighted by Gasteiger charge is 2.61. The van der Waals surface area contributed by atoms with Crippen molar-refractivity contribution in [2.45, 2.75) is 64.8 Å². The quantitative estimate of drug-likeness (QED) is 0.378. The van der Waals surface area contributed by atoms with E-state index in [-0.39, 0.29) is 23.7 Å². The molecular formula is C31H43N4O2S+. The summed E-state index contributed by atoms with van der Waals surface area (Å²) in [7, 11) is 0. The van der Waals surface area contributed by atoms with Gasteiger partial charge in [-0.1, -0.05) is 25.0 Å². The van der Waals surface area contributed by atoms with E-state index in [1.807, 2.05) is 0 Å². The van der Waals surface area contributed by atoms with Crippen LogP contribution in [0.1, 0.15) is 58.8 Å². The number of carbonyl (C=O) groups is 2. The van der Waals surface area contributed by atoms with Crippen LogP contribution in [-0.2, 0) is 9.59 Å². The van der Waals surface area contributed by atoms with Crippen molar-refractivity contribution in [3.05, 3.63) is 24.3 Å². The second-order valence-electron chi connectivity index (χ2n) is 13.4. The third kappa shape index (κ3) is 3.94. The summed E-state index contributed by atoms with van der Waals surface area (Å²) in [5, 5.41) is 1.28. The van der Waals surface area contributed by atoms with E-state index in [0.29, 0.717) is 36.3 Å². The molecule has 2 amide bonds. The maximum Gasteiger partial charge on any atom is 0.233 e. The monoisotopic (exact) mass is 535 g/mol. The molecule has 204 valence electrons. The number of amides is 2. The van der Waals surface area contributed by atoms with Crippen molar-refractivity contribution in [2.24, 2.45) is 35.5 Å². The van der Waals surface area contributed by atoms with Crippen molar-refractivity contribution in [3.8, 4) is 0 Å². The van der Waals surface area contributed by atoms with Crippen LogP contribution in [0.4, 0.5) is 5.82 Å². The van der Waals surface area contributed by atoms with Gasteiger partial charge in [-0.05, 0) is 87.4 Å². The predicted octanol–water partition coefficient (Wildman–Crippen LogP) is 5.18. The molecule has 7 rings (SSSR count). The van der Waals surface area contributed by atoms with Crippen LogP contribution in [0, 0.1) is 35.5 Å². The molecule has 3 aliphatic carbocycles. The Morgan fingerprint density at radius 1 is 0.947 bits per heavy atom. The molecule has 0 radical (unpaired) electrons. The molecule has 3 heterocycles. The van der Waals surface area contributed by atoms with Gasteiger partial charge in [0.05, 0.1) is 55.3 Å². The molecule has 2 aliphatic heterocycles. The zero-order valence-electron chi connectivity index (χ0n) is 23.1. The molecule has 3 saturated carbocycles. The highest BCUT2D eigenvalue weighted by molar-refractivity contribution is 7.13.